The number of hydrogen-bond donors (Lipinski definition) is 1. The van der Waals surface area contributed by atoms with Crippen molar-refractivity contribution in [1.29, 1.82) is 0 Å². The lowest BCUT2D eigenvalue weighted by atomic mass is 10.1. The molecule has 2 amide bonds. The van der Waals surface area contributed by atoms with Crippen molar-refractivity contribution in [3.8, 4) is 5.69 Å². The molecule has 4 aromatic carbocycles. The molecule has 40 heavy (non-hydrogen) atoms. The zero-order valence-electron chi connectivity index (χ0n) is 20.6. The number of nitrogens with zero attached hydrogens (tertiary/aromatic N) is 4. The highest BCUT2D eigenvalue weighted by Crippen LogP contribution is 2.34. The van der Waals surface area contributed by atoms with Gasteiger partial charge in [0.1, 0.15) is 12.3 Å². The van der Waals surface area contributed by atoms with E-state index in [4.69, 9.17) is 9.88 Å². The van der Waals surface area contributed by atoms with Crippen LogP contribution in [0, 0.1) is 0 Å². The maximum Gasteiger partial charge on any atom is 0.338 e. The molecule has 0 atom stereocenters. The Balaban J connectivity index is 1.18. The Bertz CT molecular complexity index is 1940. The van der Waals surface area contributed by atoms with Crippen molar-refractivity contribution in [2.45, 2.75) is 11.5 Å². The van der Waals surface area contributed by atoms with E-state index in [9.17, 15) is 22.8 Å². The van der Waals surface area contributed by atoms with Crippen LogP contribution in [0.4, 0.5) is 5.69 Å². The number of sulfonamides is 1. The van der Waals surface area contributed by atoms with E-state index in [0.29, 0.717) is 17.1 Å². The van der Waals surface area contributed by atoms with Crippen LogP contribution < -0.4 is 10.0 Å². The molecular formula is C28H19N5O6S. The lowest BCUT2D eigenvalue weighted by molar-refractivity contribution is 0.0467. The van der Waals surface area contributed by atoms with Crippen molar-refractivity contribution in [1.82, 2.24) is 15.0 Å². The van der Waals surface area contributed by atoms with E-state index in [2.05, 4.69) is 10.3 Å². The lowest BCUT2D eigenvalue weighted by Gasteiger charge is -2.16. The van der Waals surface area contributed by atoms with Crippen molar-refractivity contribution in [2.24, 2.45) is 5.14 Å². The molecule has 0 saturated carbocycles. The number of nitrogens with two attached hydrogens (primary N) is 1. The van der Waals surface area contributed by atoms with Gasteiger partial charge in [0.25, 0.3) is 11.8 Å². The average molecular weight is 554 g/mol. The summed E-state index contributed by atoms with van der Waals surface area (Å²) >= 11 is 0. The molecule has 0 unspecified atom stereocenters. The van der Waals surface area contributed by atoms with Crippen molar-refractivity contribution in [3.63, 3.8) is 0 Å². The van der Waals surface area contributed by atoms with Gasteiger partial charge >= 0.3 is 5.97 Å². The lowest BCUT2D eigenvalue weighted by Crippen LogP contribution is -2.29. The van der Waals surface area contributed by atoms with Crippen molar-refractivity contribution >= 4 is 44.3 Å². The van der Waals surface area contributed by atoms with E-state index in [1.807, 2.05) is 30.3 Å². The number of imide groups is 1. The number of fused-ring (bicyclic) bond motifs is 2. The van der Waals surface area contributed by atoms with Gasteiger partial charge in [-0.05, 0) is 53.9 Å². The van der Waals surface area contributed by atoms with Crippen molar-refractivity contribution in [3.05, 3.63) is 114 Å². The summed E-state index contributed by atoms with van der Waals surface area (Å²) in [7, 11) is -3.82. The van der Waals surface area contributed by atoms with Crippen LogP contribution in [-0.4, -0.2) is 41.2 Å². The first kappa shape index (κ1) is 25.1. The standard InChI is InChI=1S/C28H19N5O6S/c29-40(37,38)21-11-9-20(10-12-21)32-15-19(30-31-32)16-39-28(36)18-8-13-23-24(14-18)27(35)33(26(23)34)25-7-3-5-17-4-1-2-6-22(17)25/h1-15H,16H2,(H2,29,37,38). The molecule has 0 saturated heterocycles. The predicted octanol–water partition coefficient (Wildman–Crippen LogP) is 3.23. The van der Waals surface area contributed by atoms with Crippen LogP contribution in [0.1, 0.15) is 36.8 Å². The number of primary sulfonamides is 1. The molecule has 1 aliphatic rings. The molecule has 6 rings (SSSR count). The first-order chi connectivity index (χ1) is 19.2. The van der Waals surface area contributed by atoms with E-state index >= 15 is 0 Å². The first-order valence-electron chi connectivity index (χ1n) is 11.9. The van der Waals surface area contributed by atoms with Crippen LogP contribution in [0.5, 0.6) is 0 Å². The summed E-state index contributed by atoms with van der Waals surface area (Å²) in [5, 5.41) is 14.7. The average Bonchev–Trinajstić information content (AvgIpc) is 3.53. The third kappa shape index (κ3) is 4.40. The van der Waals surface area contributed by atoms with Gasteiger partial charge in [-0.1, -0.05) is 41.6 Å². The normalized spacial score (nSPS) is 13.1. The summed E-state index contributed by atoms with van der Waals surface area (Å²) < 4.78 is 29.6. The van der Waals surface area contributed by atoms with Gasteiger partial charge in [0.15, 0.2) is 0 Å². The fourth-order valence-electron chi connectivity index (χ4n) is 4.49. The highest BCUT2D eigenvalue weighted by Gasteiger charge is 2.38. The zero-order valence-corrected chi connectivity index (χ0v) is 21.4. The van der Waals surface area contributed by atoms with Gasteiger partial charge in [0.2, 0.25) is 10.0 Å². The van der Waals surface area contributed by atoms with E-state index in [-0.39, 0.29) is 28.2 Å². The molecule has 2 heterocycles. The van der Waals surface area contributed by atoms with Gasteiger partial charge in [-0.15, -0.1) is 5.10 Å². The quantitative estimate of drug-likeness (QED) is 0.248. The highest BCUT2D eigenvalue weighted by molar-refractivity contribution is 7.89. The van der Waals surface area contributed by atoms with Crippen LogP contribution in [-0.2, 0) is 21.4 Å². The number of aromatic nitrogens is 3. The van der Waals surface area contributed by atoms with Crippen LogP contribution in [0.3, 0.4) is 0 Å². The van der Waals surface area contributed by atoms with Crippen LogP contribution in [0.2, 0.25) is 0 Å². The van der Waals surface area contributed by atoms with E-state index in [0.717, 1.165) is 15.7 Å². The summed E-state index contributed by atoms with van der Waals surface area (Å²) in [5.41, 5.74) is 1.74. The number of ether oxygens (including phenoxy) is 1. The van der Waals surface area contributed by atoms with E-state index in [1.165, 1.54) is 53.3 Å². The highest BCUT2D eigenvalue weighted by atomic mass is 32.2. The van der Waals surface area contributed by atoms with Gasteiger partial charge in [0.05, 0.1) is 39.2 Å². The van der Waals surface area contributed by atoms with Crippen molar-refractivity contribution in [2.75, 3.05) is 4.90 Å². The number of carbonyl (C=O) groups excluding carboxylic acids is 3. The third-order valence-corrected chi connectivity index (χ3v) is 7.38. The fourth-order valence-corrected chi connectivity index (χ4v) is 5.01. The van der Waals surface area contributed by atoms with Crippen molar-refractivity contribution < 1.29 is 27.5 Å². The molecule has 0 bridgehead atoms. The second kappa shape index (κ2) is 9.52. The number of rotatable bonds is 6. The predicted molar refractivity (Wildman–Crippen MR) is 143 cm³/mol. The second-order valence-corrected chi connectivity index (χ2v) is 10.5. The molecule has 2 N–H and O–H groups in total. The van der Waals surface area contributed by atoms with E-state index in [1.54, 1.807) is 12.1 Å². The molecule has 12 heteroatoms. The number of benzene rings is 4. The van der Waals surface area contributed by atoms with E-state index < -0.39 is 27.8 Å². The molecule has 198 valence electrons. The Morgan fingerprint density at radius 3 is 2.38 bits per heavy atom. The molecule has 0 aliphatic carbocycles. The minimum atomic E-state index is -3.82. The van der Waals surface area contributed by atoms with Crippen LogP contribution >= 0.6 is 0 Å². The Labute approximate surface area is 227 Å². The molecule has 5 aromatic rings. The second-order valence-electron chi connectivity index (χ2n) is 8.97. The Morgan fingerprint density at radius 2 is 1.60 bits per heavy atom. The first-order valence-corrected chi connectivity index (χ1v) is 13.5. The molecule has 0 radical (unpaired) electrons. The maximum atomic E-state index is 13.3. The number of hydrogen-bond acceptors (Lipinski definition) is 8. The number of anilines is 1. The monoisotopic (exact) mass is 553 g/mol. The maximum absolute atomic E-state index is 13.3. The molecule has 0 fully saturated rings. The summed E-state index contributed by atoms with van der Waals surface area (Å²) in [6, 6.07) is 22.8. The SMILES string of the molecule is NS(=O)(=O)c1ccc(-n2cc(COC(=O)c3ccc4c(c3)C(=O)N(c3cccc5ccccc35)C4=O)nn2)cc1. The topological polar surface area (TPSA) is 155 Å². The zero-order chi connectivity index (χ0) is 28.0. The number of amides is 2. The Morgan fingerprint density at radius 1 is 0.875 bits per heavy atom. The van der Waals surface area contributed by atoms with Gasteiger partial charge in [-0.2, -0.15) is 0 Å². The smallest absolute Gasteiger partial charge is 0.338 e. The molecular weight excluding hydrogens is 534 g/mol. The molecule has 1 aromatic heterocycles. The van der Waals surface area contributed by atoms with Gasteiger partial charge in [-0.25, -0.2) is 27.9 Å². The van der Waals surface area contributed by atoms with Gasteiger partial charge < -0.3 is 4.74 Å². The number of carbonyl (C=O) groups is 3. The van der Waals surface area contributed by atoms with Crippen LogP contribution in [0.25, 0.3) is 16.5 Å². The summed E-state index contributed by atoms with van der Waals surface area (Å²) in [6.45, 7) is -0.208. The number of esters is 1. The summed E-state index contributed by atoms with van der Waals surface area (Å²) in [5.74, 6) is -1.70. The summed E-state index contributed by atoms with van der Waals surface area (Å²) in [4.78, 5) is 40.3. The molecule has 11 nitrogen and oxygen atoms in total. The minimum absolute atomic E-state index is 0.0414. The molecule has 1 aliphatic heterocycles. The largest absolute Gasteiger partial charge is 0.455 e. The molecule has 0 spiro atoms. The third-order valence-electron chi connectivity index (χ3n) is 6.45. The fraction of sp³-hybridized carbons (Fsp3) is 0.0357. The minimum Gasteiger partial charge on any atom is -0.455 e. The summed E-state index contributed by atoms with van der Waals surface area (Å²) in [6.07, 6.45) is 1.52. The van der Waals surface area contributed by atoms with Crippen LogP contribution in [0.15, 0.2) is 96.0 Å². The Hall–Kier alpha value is -5.20. The van der Waals surface area contributed by atoms with Gasteiger partial charge in [0, 0.05) is 5.39 Å². The van der Waals surface area contributed by atoms with Gasteiger partial charge in [-0.3, -0.25) is 9.59 Å². The Kier molecular flexibility index (Phi) is 5.97.